The lowest BCUT2D eigenvalue weighted by Crippen LogP contribution is -2.42. The molecule has 3 heteroatoms. The van der Waals surface area contributed by atoms with Crippen LogP contribution in [0.4, 0.5) is 0 Å². The van der Waals surface area contributed by atoms with Crippen molar-refractivity contribution in [3.8, 4) is 0 Å². The maximum atomic E-state index is 11.4. The molecule has 0 radical (unpaired) electrons. The van der Waals surface area contributed by atoms with Gasteiger partial charge < -0.3 is 9.47 Å². The average molecular weight is 196 g/mol. The molecule has 3 nitrogen and oxygen atoms in total. The molecule has 2 spiro atoms. The highest BCUT2D eigenvalue weighted by atomic mass is 16.7. The summed E-state index contributed by atoms with van der Waals surface area (Å²) < 4.78 is 10.5. The van der Waals surface area contributed by atoms with Gasteiger partial charge in [-0.15, -0.1) is 0 Å². The van der Waals surface area contributed by atoms with E-state index < -0.39 is 0 Å². The maximum Gasteiger partial charge on any atom is 0.338 e. The van der Waals surface area contributed by atoms with Crippen molar-refractivity contribution >= 4 is 5.97 Å². The second kappa shape index (κ2) is 2.51. The summed E-state index contributed by atoms with van der Waals surface area (Å²) in [6, 6.07) is 0. The van der Waals surface area contributed by atoms with Crippen LogP contribution in [-0.2, 0) is 14.3 Å². The number of carbonyl (C=O) groups is 1. The Hall–Kier alpha value is -0.570. The van der Waals surface area contributed by atoms with Crippen LogP contribution in [0.3, 0.4) is 0 Å². The summed E-state index contributed by atoms with van der Waals surface area (Å²) in [6.45, 7) is 0. The molecule has 2 saturated carbocycles. The van der Waals surface area contributed by atoms with Crippen LogP contribution in [-0.4, -0.2) is 24.8 Å². The third-order valence-corrected chi connectivity index (χ3v) is 4.52. The fraction of sp³-hybridized carbons (Fsp3) is 0.909. The number of epoxide rings is 1. The lowest BCUT2D eigenvalue weighted by Gasteiger charge is -2.42. The number of rotatable bonds is 1. The number of methoxy groups -OCH3 is 1. The van der Waals surface area contributed by atoms with E-state index in [-0.39, 0.29) is 17.7 Å². The Morgan fingerprint density at radius 2 is 1.93 bits per heavy atom. The number of hydrogen-bond donors (Lipinski definition) is 0. The van der Waals surface area contributed by atoms with Gasteiger partial charge in [0.25, 0.3) is 0 Å². The van der Waals surface area contributed by atoms with Crippen LogP contribution >= 0.6 is 0 Å². The van der Waals surface area contributed by atoms with Crippen molar-refractivity contribution in [1.29, 1.82) is 0 Å². The van der Waals surface area contributed by atoms with E-state index in [2.05, 4.69) is 0 Å². The number of hydrogen-bond acceptors (Lipinski definition) is 3. The summed E-state index contributed by atoms with van der Waals surface area (Å²) in [6.07, 6.45) is 7.09. The van der Waals surface area contributed by atoms with Crippen LogP contribution in [0.1, 0.15) is 38.5 Å². The minimum Gasteiger partial charge on any atom is -0.467 e. The lowest BCUT2D eigenvalue weighted by molar-refractivity contribution is -0.142. The number of carbonyl (C=O) groups excluding carboxylic acids is 1. The first kappa shape index (κ1) is 8.72. The zero-order valence-corrected chi connectivity index (χ0v) is 8.54. The fourth-order valence-electron chi connectivity index (χ4n) is 3.56. The van der Waals surface area contributed by atoms with E-state index in [0.29, 0.717) is 5.41 Å². The van der Waals surface area contributed by atoms with Crippen LogP contribution in [0.25, 0.3) is 0 Å². The van der Waals surface area contributed by atoms with E-state index >= 15 is 0 Å². The van der Waals surface area contributed by atoms with E-state index in [1.807, 2.05) is 0 Å². The van der Waals surface area contributed by atoms with Crippen molar-refractivity contribution in [2.75, 3.05) is 7.11 Å². The zero-order valence-electron chi connectivity index (χ0n) is 8.54. The molecule has 14 heavy (non-hydrogen) atoms. The van der Waals surface area contributed by atoms with Crippen molar-refractivity contribution in [3.63, 3.8) is 0 Å². The smallest absolute Gasteiger partial charge is 0.338 e. The second-order valence-electron chi connectivity index (χ2n) is 4.90. The van der Waals surface area contributed by atoms with Gasteiger partial charge in [0.05, 0.1) is 7.11 Å². The molecule has 2 unspecified atom stereocenters. The molecular weight excluding hydrogens is 180 g/mol. The van der Waals surface area contributed by atoms with Crippen LogP contribution in [0.15, 0.2) is 0 Å². The standard InChI is InChI=1S/C11H16O3/c1-13-9(12)8-11(14-8)7-3-6-10(11)4-2-5-10/h8H,2-7H2,1H3. The first-order chi connectivity index (χ1) is 6.74. The molecule has 0 amide bonds. The molecule has 1 heterocycles. The average Bonchev–Trinajstić information content (AvgIpc) is 2.68. The largest absolute Gasteiger partial charge is 0.467 e. The molecule has 3 aliphatic rings. The highest BCUT2D eigenvalue weighted by Gasteiger charge is 2.74. The third-order valence-electron chi connectivity index (χ3n) is 4.52. The molecule has 1 aliphatic heterocycles. The number of ether oxygens (including phenoxy) is 2. The quantitative estimate of drug-likeness (QED) is 0.473. The molecule has 0 N–H and O–H groups in total. The van der Waals surface area contributed by atoms with Crippen LogP contribution in [0, 0.1) is 5.41 Å². The predicted molar refractivity (Wildman–Crippen MR) is 49.8 cm³/mol. The van der Waals surface area contributed by atoms with Gasteiger partial charge in [-0.2, -0.15) is 0 Å². The van der Waals surface area contributed by atoms with Gasteiger partial charge in [0.2, 0.25) is 0 Å². The highest BCUT2D eigenvalue weighted by Crippen LogP contribution is 2.68. The first-order valence-electron chi connectivity index (χ1n) is 5.50. The van der Waals surface area contributed by atoms with Gasteiger partial charge in [0.1, 0.15) is 5.60 Å². The molecule has 3 fully saturated rings. The van der Waals surface area contributed by atoms with Crippen LogP contribution in [0.5, 0.6) is 0 Å². The van der Waals surface area contributed by atoms with Gasteiger partial charge in [-0.05, 0) is 32.1 Å². The minimum absolute atomic E-state index is 0.0989. The lowest BCUT2D eigenvalue weighted by atomic mass is 9.61. The van der Waals surface area contributed by atoms with Crippen molar-refractivity contribution in [2.45, 2.75) is 50.2 Å². The van der Waals surface area contributed by atoms with Crippen molar-refractivity contribution < 1.29 is 14.3 Å². The SMILES string of the molecule is COC(=O)C1OC12CCCC21CCC1. The molecule has 0 aromatic carbocycles. The molecule has 0 bridgehead atoms. The van der Waals surface area contributed by atoms with Crippen molar-refractivity contribution in [2.24, 2.45) is 5.41 Å². The third kappa shape index (κ3) is 0.800. The Balaban J connectivity index is 1.82. The first-order valence-corrected chi connectivity index (χ1v) is 5.50. The van der Waals surface area contributed by atoms with E-state index in [0.717, 1.165) is 6.42 Å². The van der Waals surface area contributed by atoms with E-state index in [1.165, 1.54) is 39.2 Å². The van der Waals surface area contributed by atoms with Crippen molar-refractivity contribution in [1.82, 2.24) is 0 Å². The Labute approximate surface area is 83.8 Å². The summed E-state index contributed by atoms with van der Waals surface area (Å²) >= 11 is 0. The van der Waals surface area contributed by atoms with Gasteiger partial charge in [0, 0.05) is 5.41 Å². The summed E-state index contributed by atoms with van der Waals surface area (Å²) in [5.41, 5.74) is 0.254. The highest BCUT2D eigenvalue weighted by molar-refractivity contribution is 5.79. The fourth-order valence-corrected chi connectivity index (χ4v) is 3.56. The maximum absolute atomic E-state index is 11.4. The predicted octanol–water partition coefficient (Wildman–Crippen LogP) is 1.65. The Morgan fingerprint density at radius 1 is 1.29 bits per heavy atom. The van der Waals surface area contributed by atoms with Gasteiger partial charge in [-0.1, -0.05) is 6.42 Å². The van der Waals surface area contributed by atoms with Gasteiger partial charge >= 0.3 is 5.97 Å². The summed E-state index contributed by atoms with van der Waals surface area (Å²) in [4.78, 5) is 11.4. The Morgan fingerprint density at radius 3 is 2.50 bits per heavy atom. The molecule has 78 valence electrons. The van der Waals surface area contributed by atoms with Crippen LogP contribution in [0.2, 0.25) is 0 Å². The van der Waals surface area contributed by atoms with E-state index in [9.17, 15) is 4.79 Å². The molecule has 1 saturated heterocycles. The summed E-state index contributed by atoms with van der Waals surface area (Å²) in [5.74, 6) is -0.168. The molecular formula is C11H16O3. The van der Waals surface area contributed by atoms with Gasteiger partial charge in [-0.3, -0.25) is 0 Å². The molecule has 2 aliphatic carbocycles. The van der Waals surface area contributed by atoms with Crippen molar-refractivity contribution in [3.05, 3.63) is 0 Å². The number of esters is 1. The Bertz CT molecular complexity index is 282. The number of fused-ring (bicyclic) bond motifs is 1. The minimum atomic E-state index is -0.240. The topological polar surface area (TPSA) is 38.8 Å². The summed E-state index contributed by atoms with van der Waals surface area (Å²) in [7, 11) is 1.44. The normalized spacial score (nSPS) is 42.5. The molecule has 3 rings (SSSR count). The monoisotopic (exact) mass is 196 g/mol. The second-order valence-corrected chi connectivity index (χ2v) is 4.90. The Kier molecular flexibility index (Phi) is 1.56. The molecule has 2 atom stereocenters. The van der Waals surface area contributed by atoms with E-state index in [1.54, 1.807) is 0 Å². The molecule has 0 aromatic heterocycles. The van der Waals surface area contributed by atoms with E-state index in [4.69, 9.17) is 9.47 Å². The molecule has 0 aromatic rings. The zero-order chi connectivity index (χ0) is 9.81. The van der Waals surface area contributed by atoms with Gasteiger partial charge in [0.15, 0.2) is 6.10 Å². The summed E-state index contributed by atoms with van der Waals surface area (Å²) in [5, 5.41) is 0. The van der Waals surface area contributed by atoms with Crippen LogP contribution < -0.4 is 0 Å². The van der Waals surface area contributed by atoms with Gasteiger partial charge in [-0.25, -0.2) is 4.79 Å².